The Kier molecular flexibility index (Phi) is 4.45. The molecule has 0 saturated heterocycles. The molecule has 7 heteroatoms. The van der Waals surface area contributed by atoms with Gasteiger partial charge in [-0.15, -0.1) is 0 Å². The van der Waals surface area contributed by atoms with Crippen molar-refractivity contribution in [3.8, 4) is 0 Å². The quantitative estimate of drug-likeness (QED) is 0.846. The zero-order valence-corrected chi connectivity index (χ0v) is 14.4. The highest BCUT2D eigenvalue weighted by molar-refractivity contribution is 5.24. The Balaban J connectivity index is 1.86. The monoisotopic (exact) mass is 351 g/mol. The molecule has 0 fully saturated rings. The molecule has 0 unspecified atom stereocenters. The first-order valence-corrected chi connectivity index (χ1v) is 8.13. The molecular formula is C18H20F3N3O. The predicted molar refractivity (Wildman–Crippen MR) is 87.7 cm³/mol. The van der Waals surface area contributed by atoms with Crippen LogP contribution >= 0.6 is 0 Å². The summed E-state index contributed by atoms with van der Waals surface area (Å²) < 4.78 is 39.8. The predicted octanol–water partition coefficient (Wildman–Crippen LogP) is 3.04. The van der Waals surface area contributed by atoms with Crippen LogP contribution in [0.3, 0.4) is 0 Å². The summed E-state index contributed by atoms with van der Waals surface area (Å²) >= 11 is 0. The van der Waals surface area contributed by atoms with Crippen LogP contribution in [0, 0.1) is 17.5 Å². The normalized spacial score (nSPS) is 15.3. The minimum atomic E-state index is -1.46. The van der Waals surface area contributed by atoms with E-state index in [1.807, 2.05) is 25.7 Å². The Labute approximate surface area is 143 Å². The zero-order chi connectivity index (χ0) is 18.4. The lowest BCUT2D eigenvalue weighted by Gasteiger charge is -2.29. The Morgan fingerprint density at radius 2 is 1.84 bits per heavy atom. The van der Waals surface area contributed by atoms with E-state index in [4.69, 9.17) is 0 Å². The molecule has 1 aromatic carbocycles. The third kappa shape index (κ3) is 3.61. The largest absolute Gasteiger partial charge is 0.310 e. The van der Waals surface area contributed by atoms with Crippen LogP contribution in [0.2, 0.25) is 0 Å². The van der Waals surface area contributed by atoms with E-state index in [1.165, 1.54) is 0 Å². The van der Waals surface area contributed by atoms with Gasteiger partial charge in [-0.3, -0.25) is 9.69 Å². The maximum atomic E-state index is 13.4. The molecule has 0 spiro atoms. The van der Waals surface area contributed by atoms with Gasteiger partial charge in [0, 0.05) is 30.6 Å². The van der Waals surface area contributed by atoms with E-state index >= 15 is 0 Å². The van der Waals surface area contributed by atoms with Gasteiger partial charge >= 0.3 is 0 Å². The van der Waals surface area contributed by atoms with E-state index in [9.17, 15) is 18.0 Å². The van der Waals surface area contributed by atoms with Crippen LogP contribution in [0.1, 0.15) is 43.4 Å². The number of nitrogens with one attached hydrogen (secondary N) is 1. The average molecular weight is 351 g/mol. The number of fused-ring (bicyclic) bond motifs is 1. The third-order valence-electron chi connectivity index (χ3n) is 4.31. The van der Waals surface area contributed by atoms with E-state index in [0.717, 1.165) is 12.1 Å². The summed E-state index contributed by atoms with van der Waals surface area (Å²) in [5.74, 6) is -3.25. The molecule has 0 radical (unpaired) electrons. The highest BCUT2D eigenvalue weighted by atomic mass is 19.2. The molecule has 1 aliphatic heterocycles. The zero-order valence-electron chi connectivity index (χ0n) is 14.4. The maximum absolute atomic E-state index is 13.4. The number of hydrogen-bond donors (Lipinski definition) is 1. The topological polar surface area (TPSA) is 49.0 Å². The molecular weight excluding hydrogens is 331 g/mol. The van der Waals surface area contributed by atoms with Crippen molar-refractivity contribution in [2.45, 2.75) is 45.7 Å². The molecule has 1 aliphatic rings. The smallest absolute Gasteiger partial charge is 0.254 e. The lowest BCUT2D eigenvalue weighted by Crippen LogP contribution is -2.36. The lowest BCUT2D eigenvalue weighted by molar-refractivity contribution is 0.238. The van der Waals surface area contributed by atoms with Gasteiger partial charge in [-0.05, 0) is 24.1 Å². The highest BCUT2D eigenvalue weighted by Gasteiger charge is 2.25. The number of benzene rings is 1. The first-order valence-electron chi connectivity index (χ1n) is 8.13. The van der Waals surface area contributed by atoms with Gasteiger partial charge in [0.2, 0.25) is 0 Å². The molecule has 1 N–H and O–H groups in total. The number of H-pyrrole nitrogens is 1. The molecule has 0 aliphatic carbocycles. The summed E-state index contributed by atoms with van der Waals surface area (Å²) in [5, 5.41) is 0. The van der Waals surface area contributed by atoms with Gasteiger partial charge in [0.15, 0.2) is 17.5 Å². The van der Waals surface area contributed by atoms with Gasteiger partial charge in [-0.1, -0.05) is 20.8 Å². The molecule has 25 heavy (non-hydrogen) atoms. The van der Waals surface area contributed by atoms with Gasteiger partial charge in [-0.25, -0.2) is 18.2 Å². The van der Waals surface area contributed by atoms with Crippen LogP contribution in [0.4, 0.5) is 13.2 Å². The van der Waals surface area contributed by atoms with Crippen LogP contribution in [-0.2, 0) is 24.9 Å². The second-order valence-electron chi connectivity index (χ2n) is 7.42. The Hall–Kier alpha value is -2.15. The standard InChI is InChI=1S/C18H20F3N3O/c1-18(2,3)17-22-14-9-24(5-4-11(14)16(25)23-17)8-10-6-12(19)15(21)13(20)7-10/h6-7H,4-5,8-9H2,1-3H3,(H,22,23,25). The lowest BCUT2D eigenvalue weighted by atomic mass is 9.95. The van der Waals surface area contributed by atoms with Gasteiger partial charge in [-0.2, -0.15) is 0 Å². The summed E-state index contributed by atoms with van der Waals surface area (Å²) in [7, 11) is 0. The summed E-state index contributed by atoms with van der Waals surface area (Å²) in [6.07, 6.45) is 0.508. The van der Waals surface area contributed by atoms with Crippen molar-refractivity contribution in [1.82, 2.24) is 14.9 Å². The maximum Gasteiger partial charge on any atom is 0.254 e. The second kappa shape index (κ2) is 6.29. The van der Waals surface area contributed by atoms with E-state index < -0.39 is 17.5 Å². The Morgan fingerprint density at radius 1 is 1.20 bits per heavy atom. The van der Waals surface area contributed by atoms with Gasteiger partial charge in [0.1, 0.15) is 5.82 Å². The minimum absolute atomic E-state index is 0.131. The number of aromatic nitrogens is 2. The molecule has 134 valence electrons. The Morgan fingerprint density at radius 3 is 2.44 bits per heavy atom. The average Bonchev–Trinajstić information content (AvgIpc) is 2.51. The molecule has 0 amide bonds. The molecule has 4 nitrogen and oxygen atoms in total. The fourth-order valence-electron chi connectivity index (χ4n) is 2.94. The minimum Gasteiger partial charge on any atom is -0.310 e. The highest BCUT2D eigenvalue weighted by Crippen LogP contribution is 2.22. The van der Waals surface area contributed by atoms with Crippen molar-refractivity contribution >= 4 is 0 Å². The van der Waals surface area contributed by atoms with E-state index in [2.05, 4.69) is 9.97 Å². The summed E-state index contributed by atoms with van der Waals surface area (Å²) in [5.41, 5.74) is 1.26. The summed E-state index contributed by atoms with van der Waals surface area (Å²) in [6, 6.07) is 2.00. The fourth-order valence-corrected chi connectivity index (χ4v) is 2.94. The van der Waals surface area contributed by atoms with E-state index in [0.29, 0.717) is 42.2 Å². The fraction of sp³-hybridized carbons (Fsp3) is 0.444. The van der Waals surface area contributed by atoms with Gasteiger partial charge in [0.25, 0.3) is 5.56 Å². The number of hydrogen-bond acceptors (Lipinski definition) is 3. The van der Waals surface area contributed by atoms with E-state index in [1.54, 1.807) is 0 Å². The van der Waals surface area contributed by atoms with Crippen molar-refractivity contribution in [2.75, 3.05) is 6.54 Å². The Bertz CT molecular complexity index is 848. The van der Waals surface area contributed by atoms with Crippen LogP contribution in [0.25, 0.3) is 0 Å². The second-order valence-corrected chi connectivity index (χ2v) is 7.42. The molecule has 2 heterocycles. The van der Waals surface area contributed by atoms with Crippen LogP contribution in [0.15, 0.2) is 16.9 Å². The number of nitrogens with zero attached hydrogens (tertiary/aromatic N) is 2. The molecule has 2 aromatic rings. The molecule has 0 bridgehead atoms. The number of aromatic amines is 1. The first-order chi connectivity index (χ1) is 11.6. The van der Waals surface area contributed by atoms with Gasteiger partial charge < -0.3 is 4.98 Å². The van der Waals surface area contributed by atoms with Gasteiger partial charge in [0.05, 0.1) is 5.69 Å². The molecule has 0 atom stereocenters. The van der Waals surface area contributed by atoms with Crippen LogP contribution < -0.4 is 5.56 Å². The summed E-state index contributed by atoms with van der Waals surface area (Å²) in [4.78, 5) is 21.6. The first kappa shape index (κ1) is 17.7. The van der Waals surface area contributed by atoms with E-state index in [-0.39, 0.29) is 17.5 Å². The third-order valence-corrected chi connectivity index (χ3v) is 4.31. The summed E-state index contributed by atoms with van der Waals surface area (Å²) in [6.45, 7) is 7.11. The SMILES string of the molecule is CC(C)(C)c1nc2c(c(=O)[nH]1)CCN(Cc1cc(F)c(F)c(F)c1)C2. The van der Waals surface area contributed by atoms with Crippen molar-refractivity contribution < 1.29 is 13.2 Å². The van der Waals surface area contributed by atoms with Crippen molar-refractivity contribution in [2.24, 2.45) is 0 Å². The molecule has 0 saturated carbocycles. The van der Waals surface area contributed by atoms with Crippen molar-refractivity contribution in [3.05, 3.63) is 62.6 Å². The molecule has 1 aromatic heterocycles. The van der Waals surface area contributed by atoms with Crippen molar-refractivity contribution in [1.29, 1.82) is 0 Å². The van der Waals surface area contributed by atoms with Crippen LogP contribution in [-0.4, -0.2) is 21.4 Å². The number of halogens is 3. The molecule has 3 rings (SSSR count). The van der Waals surface area contributed by atoms with Crippen molar-refractivity contribution in [3.63, 3.8) is 0 Å². The number of rotatable bonds is 2. The van der Waals surface area contributed by atoms with Crippen LogP contribution in [0.5, 0.6) is 0 Å².